The predicted octanol–water partition coefficient (Wildman–Crippen LogP) is 3.27. The highest BCUT2D eigenvalue weighted by atomic mass is 32.2. The minimum Gasteiger partial charge on any atom is -0.356 e. The predicted molar refractivity (Wildman–Crippen MR) is 126 cm³/mol. The van der Waals surface area contributed by atoms with E-state index in [1.165, 1.54) is 35.8 Å². The van der Waals surface area contributed by atoms with Gasteiger partial charge in [-0.1, -0.05) is 32.1 Å². The Kier molecular flexibility index (Phi) is 8.11. The summed E-state index contributed by atoms with van der Waals surface area (Å²) in [6.07, 6.45) is 13.9. The molecule has 0 bridgehead atoms. The van der Waals surface area contributed by atoms with Gasteiger partial charge in [-0.2, -0.15) is 4.31 Å². The number of hydrogen-bond acceptors (Lipinski definition) is 4. The molecule has 2 amide bonds. The number of aromatic amines is 1. The second-order valence-electron chi connectivity index (χ2n) is 9.85. The highest BCUT2D eigenvalue weighted by Crippen LogP contribution is 2.26. The Morgan fingerprint density at radius 1 is 0.879 bits per heavy atom. The van der Waals surface area contributed by atoms with Crippen molar-refractivity contribution in [3.05, 3.63) is 18.0 Å². The summed E-state index contributed by atoms with van der Waals surface area (Å²) < 4.78 is 28.0. The molecule has 0 radical (unpaired) electrons. The summed E-state index contributed by atoms with van der Waals surface area (Å²) in [7, 11) is -3.76. The molecule has 0 aromatic carbocycles. The molecule has 3 heterocycles. The number of carbonyl (C=O) groups excluding carboxylic acids is 2. The highest BCUT2D eigenvalue weighted by Gasteiger charge is 2.35. The average molecular weight is 479 g/mol. The summed E-state index contributed by atoms with van der Waals surface area (Å²) in [5.41, 5.74) is 0.311. The lowest BCUT2D eigenvalue weighted by Crippen LogP contribution is -2.47. The molecular formula is C24H38N4O4S. The lowest BCUT2D eigenvalue weighted by molar-refractivity contribution is -0.126. The van der Waals surface area contributed by atoms with Crippen molar-refractivity contribution < 1.29 is 18.0 Å². The lowest BCUT2D eigenvalue weighted by Gasteiger charge is -2.32. The molecule has 1 saturated carbocycles. The van der Waals surface area contributed by atoms with Crippen molar-refractivity contribution in [1.82, 2.24) is 19.5 Å². The Labute approximate surface area is 197 Å². The van der Waals surface area contributed by atoms with Crippen LogP contribution in [0.2, 0.25) is 0 Å². The van der Waals surface area contributed by atoms with Crippen LogP contribution < -0.4 is 5.32 Å². The van der Waals surface area contributed by atoms with Gasteiger partial charge in [-0.25, -0.2) is 8.42 Å². The summed E-state index contributed by atoms with van der Waals surface area (Å²) in [5, 5.41) is 3.21. The Balaban J connectivity index is 1.38. The number of amides is 2. The summed E-state index contributed by atoms with van der Waals surface area (Å²) in [6, 6.07) is 1.66. The third-order valence-corrected chi connectivity index (χ3v) is 9.22. The third kappa shape index (κ3) is 5.98. The first kappa shape index (κ1) is 24.3. The van der Waals surface area contributed by atoms with Crippen molar-refractivity contribution in [3.63, 3.8) is 0 Å². The van der Waals surface area contributed by atoms with E-state index in [-0.39, 0.29) is 35.2 Å². The molecule has 184 valence electrons. The van der Waals surface area contributed by atoms with E-state index in [1.54, 1.807) is 4.90 Å². The molecule has 33 heavy (non-hydrogen) atoms. The van der Waals surface area contributed by atoms with Crippen LogP contribution in [-0.2, 0) is 14.8 Å². The zero-order chi connectivity index (χ0) is 23.3. The Morgan fingerprint density at radius 2 is 1.55 bits per heavy atom. The summed E-state index contributed by atoms with van der Waals surface area (Å²) in [4.78, 5) is 30.4. The SMILES string of the molecule is O=C(NC1CCCCCCC1)[C@H]1CCCN(S(=O)(=O)c2c[nH]c(C(=O)N3CCCCC3)c2)C1. The molecule has 3 fully saturated rings. The molecular weight excluding hydrogens is 440 g/mol. The number of carbonyl (C=O) groups is 2. The fraction of sp³-hybridized carbons (Fsp3) is 0.750. The van der Waals surface area contributed by atoms with Gasteiger partial charge in [0.1, 0.15) is 10.6 Å². The molecule has 4 rings (SSSR count). The molecule has 0 unspecified atom stereocenters. The number of hydrogen-bond donors (Lipinski definition) is 2. The largest absolute Gasteiger partial charge is 0.356 e. The van der Waals surface area contributed by atoms with Gasteiger partial charge in [-0.3, -0.25) is 9.59 Å². The Morgan fingerprint density at radius 3 is 2.27 bits per heavy atom. The minimum atomic E-state index is -3.76. The highest BCUT2D eigenvalue weighted by molar-refractivity contribution is 7.89. The first-order valence-electron chi connectivity index (χ1n) is 12.7. The second-order valence-corrected chi connectivity index (χ2v) is 11.8. The molecule has 1 aliphatic carbocycles. The molecule has 2 aliphatic heterocycles. The first-order chi connectivity index (χ1) is 15.9. The zero-order valence-corrected chi connectivity index (χ0v) is 20.4. The minimum absolute atomic E-state index is 0.0180. The van der Waals surface area contributed by atoms with Gasteiger partial charge in [0.05, 0.1) is 5.92 Å². The third-order valence-electron chi connectivity index (χ3n) is 7.37. The van der Waals surface area contributed by atoms with Crippen molar-refractivity contribution >= 4 is 21.8 Å². The molecule has 0 spiro atoms. The van der Waals surface area contributed by atoms with Gasteiger partial charge in [-0.15, -0.1) is 0 Å². The molecule has 3 aliphatic rings. The maximum atomic E-state index is 13.3. The maximum absolute atomic E-state index is 13.3. The van der Waals surface area contributed by atoms with Gasteiger partial charge >= 0.3 is 0 Å². The summed E-state index contributed by atoms with van der Waals surface area (Å²) in [5.74, 6) is -0.492. The van der Waals surface area contributed by atoms with E-state index in [0.717, 1.165) is 44.9 Å². The van der Waals surface area contributed by atoms with Crippen LogP contribution in [0.25, 0.3) is 0 Å². The quantitative estimate of drug-likeness (QED) is 0.678. The van der Waals surface area contributed by atoms with Crippen LogP contribution >= 0.6 is 0 Å². The van der Waals surface area contributed by atoms with Crippen LogP contribution in [0.4, 0.5) is 0 Å². The number of likely N-dealkylation sites (tertiary alicyclic amines) is 1. The van der Waals surface area contributed by atoms with Gasteiger partial charge in [0.25, 0.3) is 5.91 Å². The smallest absolute Gasteiger partial charge is 0.270 e. The van der Waals surface area contributed by atoms with E-state index in [2.05, 4.69) is 10.3 Å². The van der Waals surface area contributed by atoms with E-state index in [9.17, 15) is 18.0 Å². The second kappa shape index (κ2) is 11.0. The first-order valence-corrected chi connectivity index (χ1v) is 14.2. The van der Waals surface area contributed by atoms with Gasteiger partial charge < -0.3 is 15.2 Å². The van der Waals surface area contributed by atoms with E-state index in [4.69, 9.17) is 0 Å². The number of nitrogens with zero attached hydrogens (tertiary/aromatic N) is 2. The number of nitrogens with one attached hydrogen (secondary N) is 2. The average Bonchev–Trinajstić information content (AvgIpc) is 3.32. The number of aromatic nitrogens is 1. The van der Waals surface area contributed by atoms with Crippen molar-refractivity contribution in [2.75, 3.05) is 26.2 Å². The van der Waals surface area contributed by atoms with Crippen LogP contribution in [-0.4, -0.2) is 66.6 Å². The van der Waals surface area contributed by atoms with Crippen LogP contribution in [0.5, 0.6) is 0 Å². The number of rotatable bonds is 5. The van der Waals surface area contributed by atoms with Crippen molar-refractivity contribution in [2.45, 2.75) is 88.0 Å². The van der Waals surface area contributed by atoms with Crippen LogP contribution in [0.1, 0.15) is 87.5 Å². The maximum Gasteiger partial charge on any atom is 0.270 e. The summed E-state index contributed by atoms with van der Waals surface area (Å²) in [6.45, 7) is 2.02. The monoisotopic (exact) mass is 478 g/mol. The normalized spacial score (nSPS) is 24.1. The van der Waals surface area contributed by atoms with E-state index >= 15 is 0 Å². The topological polar surface area (TPSA) is 103 Å². The van der Waals surface area contributed by atoms with Crippen LogP contribution in [0, 0.1) is 5.92 Å². The number of H-pyrrole nitrogens is 1. The van der Waals surface area contributed by atoms with E-state index < -0.39 is 10.0 Å². The molecule has 1 atom stereocenters. The van der Waals surface area contributed by atoms with Crippen molar-refractivity contribution in [1.29, 1.82) is 0 Å². The van der Waals surface area contributed by atoms with Crippen LogP contribution in [0.15, 0.2) is 17.2 Å². The number of piperidine rings is 2. The van der Waals surface area contributed by atoms with E-state index in [0.29, 0.717) is 38.2 Å². The van der Waals surface area contributed by atoms with Gasteiger partial charge in [0, 0.05) is 38.4 Å². The van der Waals surface area contributed by atoms with Crippen LogP contribution in [0.3, 0.4) is 0 Å². The standard InChI is InChI=1S/C24H38N4O4S/c29-23(26-20-11-5-2-1-3-6-12-20)19-10-9-15-28(18-19)33(31,32)21-16-22(25-17-21)24(30)27-13-7-4-8-14-27/h16-17,19-20,25H,1-15,18H2,(H,26,29)/t19-/m0/s1. The van der Waals surface area contributed by atoms with Gasteiger partial charge in [0.2, 0.25) is 15.9 Å². The molecule has 2 saturated heterocycles. The molecule has 8 nitrogen and oxygen atoms in total. The Hall–Kier alpha value is -1.87. The van der Waals surface area contributed by atoms with Gasteiger partial charge in [0.15, 0.2) is 0 Å². The molecule has 2 N–H and O–H groups in total. The van der Waals surface area contributed by atoms with Gasteiger partial charge in [-0.05, 0) is 51.0 Å². The van der Waals surface area contributed by atoms with Crippen molar-refractivity contribution in [2.24, 2.45) is 5.92 Å². The fourth-order valence-corrected chi connectivity index (χ4v) is 6.88. The summed E-state index contributed by atoms with van der Waals surface area (Å²) >= 11 is 0. The van der Waals surface area contributed by atoms with E-state index in [1.807, 2.05) is 0 Å². The molecule has 1 aromatic rings. The molecule has 9 heteroatoms. The number of sulfonamides is 1. The Bertz CT molecular complexity index is 915. The molecule has 1 aromatic heterocycles. The van der Waals surface area contributed by atoms with Crippen molar-refractivity contribution in [3.8, 4) is 0 Å². The zero-order valence-electron chi connectivity index (χ0n) is 19.6. The fourth-order valence-electron chi connectivity index (χ4n) is 5.36. The lowest BCUT2D eigenvalue weighted by atomic mass is 9.94.